The minimum Gasteiger partial charge on any atom is -0.404 e. The summed E-state index contributed by atoms with van der Waals surface area (Å²) in [5, 5.41) is 0.940. The van der Waals surface area contributed by atoms with E-state index in [4.69, 9.17) is 14.1 Å². The molecule has 2 aromatic heterocycles. The predicted molar refractivity (Wildman–Crippen MR) is 139 cm³/mol. The zero-order valence-electron chi connectivity index (χ0n) is 19.8. The molecule has 4 rings (SSSR count). The third kappa shape index (κ3) is 5.02. The molecule has 0 spiro atoms. The van der Waals surface area contributed by atoms with Crippen LogP contribution in [0.4, 0.5) is 11.5 Å². The average Bonchev–Trinajstić information content (AvgIpc) is 2.76. The molecule has 0 bridgehead atoms. The van der Waals surface area contributed by atoms with Crippen LogP contribution in [0.5, 0.6) is 0 Å². The third-order valence-corrected chi connectivity index (χ3v) is 12.1. The Labute approximate surface area is 209 Å². The number of anilines is 2. The SMILES string of the molecule is COCN1c2cc(C(O[Si](C)(C)C(C)(C)C)c3cccc(Br)n3)ccc2Sc2nccnc21. The Bertz CT molecular complexity index is 1160. The Kier molecular flexibility index (Phi) is 6.98. The zero-order valence-corrected chi connectivity index (χ0v) is 23.2. The van der Waals surface area contributed by atoms with E-state index in [2.05, 4.69) is 82.9 Å². The van der Waals surface area contributed by atoms with Crippen LogP contribution in [0, 0.1) is 0 Å². The van der Waals surface area contributed by atoms with E-state index in [0.717, 1.165) is 37.3 Å². The lowest BCUT2D eigenvalue weighted by atomic mass is 10.0. The van der Waals surface area contributed by atoms with Gasteiger partial charge in [-0.3, -0.25) is 4.90 Å². The molecule has 1 aliphatic rings. The van der Waals surface area contributed by atoms with Crippen molar-refractivity contribution in [3.8, 4) is 0 Å². The molecule has 0 saturated heterocycles. The Morgan fingerprint density at radius 1 is 1.12 bits per heavy atom. The van der Waals surface area contributed by atoms with Crippen molar-refractivity contribution in [2.75, 3.05) is 18.7 Å². The van der Waals surface area contributed by atoms with Crippen molar-refractivity contribution in [3.05, 3.63) is 64.7 Å². The van der Waals surface area contributed by atoms with Gasteiger partial charge in [0.1, 0.15) is 22.5 Å². The lowest BCUT2D eigenvalue weighted by Gasteiger charge is -2.39. The van der Waals surface area contributed by atoms with E-state index in [0.29, 0.717) is 6.73 Å². The molecule has 6 nitrogen and oxygen atoms in total. The summed E-state index contributed by atoms with van der Waals surface area (Å²) in [7, 11) is -0.407. The van der Waals surface area contributed by atoms with E-state index in [1.807, 2.05) is 18.2 Å². The number of rotatable bonds is 6. The normalized spacial score (nSPS) is 14.6. The Morgan fingerprint density at radius 2 is 1.88 bits per heavy atom. The molecule has 33 heavy (non-hydrogen) atoms. The summed E-state index contributed by atoms with van der Waals surface area (Å²) >= 11 is 5.15. The Morgan fingerprint density at radius 3 is 2.58 bits per heavy atom. The number of halogens is 1. The number of hydrogen-bond acceptors (Lipinski definition) is 7. The molecular formula is C24H29BrN4O2SSi. The summed E-state index contributed by atoms with van der Waals surface area (Å²) in [5.41, 5.74) is 2.97. The number of ether oxygens (including phenoxy) is 1. The molecule has 0 amide bonds. The summed E-state index contributed by atoms with van der Waals surface area (Å²) in [5.74, 6) is 0.802. The molecule has 0 radical (unpaired) electrons. The number of nitrogens with zero attached hydrogens (tertiary/aromatic N) is 4. The number of hydrogen-bond donors (Lipinski definition) is 0. The maximum Gasteiger partial charge on any atom is 0.193 e. The molecule has 174 valence electrons. The van der Waals surface area contributed by atoms with Gasteiger partial charge in [-0.05, 0) is 63.9 Å². The third-order valence-electron chi connectivity index (χ3n) is 6.17. The van der Waals surface area contributed by atoms with E-state index in [1.54, 1.807) is 31.3 Å². The minimum atomic E-state index is -2.10. The smallest absolute Gasteiger partial charge is 0.193 e. The van der Waals surface area contributed by atoms with Gasteiger partial charge in [-0.25, -0.2) is 15.0 Å². The van der Waals surface area contributed by atoms with Crippen molar-refractivity contribution >= 4 is 47.5 Å². The fourth-order valence-electron chi connectivity index (χ4n) is 3.39. The summed E-state index contributed by atoms with van der Waals surface area (Å²) < 4.78 is 13.3. The summed E-state index contributed by atoms with van der Waals surface area (Å²) in [6.07, 6.45) is 3.15. The molecule has 1 aliphatic heterocycles. The Hall–Kier alpha value is -1.78. The van der Waals surface area contributed by atoms with E-state index in [-0.39, 0.29) is 11.1 Å². The van der Waals surface area contributed by atoms with Crippen molar-refractivity contribution in [2.24, 2.45) is 0 Å². The van der Waals surface area contributed by atoms with Crippen LogP contribution in [-0.4, -0.2) is 37.1 Å². The molecular weight excluding hydrogens is 516 g/mol. The first-order valence-corrected chi connectivity index (χ1v) is 15.3. The fraction of sp³-hybridized carbons (Fsp3) is 0.375. The van der Waals surface area contributed by atoms with E-state index in [1.165, 1.54) is 0 Å². The van der Waals surface area contributed by atoms with Gasteiger partial charge in [0.15, 0.2) is 14.1 Å². The first-order valence-electron chi connectivity index (χ1n) is 10.8. The van der Waals surface area contributed by atoms with Gasteiger partial charge >= 0.3 is 0 Å². The maximum absolute atomic E-state index is 6.96. The van der Waals surface area contributed by atoms with E-state index >= 15 is 0 Å². The summed E-state index contributed by atoms with van der Waals surface area (Å²) in [6.45, 7) is 11.7. The molecule has 1 unspecified atom stereocenters. The molecule has 1 aromatic carbocycles. The van der Waals surface area contributed by atoms with Gasteiger partial charge in [0, 0.05) is 24.4 Å². The zero-order chi connectivity index (χ0) is 23.8. The van der Waals surface area contributed by atoms with Crippen molar-refractivity contribution in [3.63, 3.8) is 0 Å². The van der Waals surface area contributed by atoms with Gasteiger partial charge in [-0.15, -0.1) is 0 Å². The maximum atomic E-state index is 6.96. The van der Waals surface area contributed by atoms with Crippen LogP contribution in [0.3, 0.4) is 0 Å². The minimum absolute atomic E-state index is 0.0674. The topological polar surface area (TPSA) is 60.4 Å². The number of benzene rings is 1. The highest BCUT2D eigenvalue weighted by Crippen LogP contribution is 2.48. The number of fused-ring (bicyclic) bond motifs is 2. The highest BCUT2D eigenvalue weighted by molar-refractivity contribution is 9.10. The molecule has 0 saturated carbocycles. The van der Waals surface area contributed by atoms with Crippen LogP contribution in [0.2, 0.25) is 18.1 Å². The monoisotopic (exact) mass is 544 g/mol. The highest BCUT2D eigenvalue weighted by atomic mass is 79.9. The number of pyridine rings is 1. The van der Waals surface area contributed by atoms with Crippen LogP contribution < -0.4 is 4.90 Å². The standard InChI is InChI=1S/C24H29BrN4O2SSi/c1-24(2,3)33(5,6)31-21(17-8-7-9-20(25)28-17)16-10-11-19-18(14-16)29(15-30-4)22-23(32-19)27-13-12-26-22/h7-14,21H,15H2,1-6H3. The quantitative estimate of drug-likeness (QED) is 0.245. The second-order valence-corrected chi connectivity index (χ2v) is 16.1. The predicted octanol–water partition coefficient (Wildman–Crippen LogP) is 6.95. The van der Waals surface area contributed by atoms with E-state index < -0.39 is 8.32 Å². The van der Waals surface area contributed by atoms with Gasteiger partial charge in [-0.1, -0.05) is 44.7 Å². The summed E-state index contributed by atoms with van der Waals surface area (Å²) in [6, 6.07) is 12.4. The molecule has 1 atom stereocenters. The van der Waals surface area contributed by atoms with Crippen LogP contribution in [-0.2, 0) is 9.16 Å². The van der Waals surface area contributed by atoms with E-state index in [9.17, 15) is 0 Å². The van der Waals surface area contributed by atoms with Gasteiger partial charge in [0.05, 0.1) is 11.4 Å². The van der Waals surface area contributed by atoms with Gasteiger partial charge < -0.3 is 9.16 Å². The van der Waals surface area contributed by atoms with Crippen molar-refractivity contribution in [1.29, 1.82) is 0 Å². The number of aromatic nitrogens is 3. The number of methoxy groups -OCH3 is 1. The first-order chi connectivity index (χ1) is 15.6. The first kappa shape index (κ1) is 24.3. The lowest BCUT2D eigenvalue weighted by molar-refractivity contribution is 0.204. The van der Waals surface area contributed by atoms with Crippen molar-refractivity contribution < 1.29 is 9.16 Å². The Balaban J connectivity index is 1.81. The van der Waals surface area contributed by atoms with Gasteiger partial charge in [0.25, 0.3) is 0 Å². The highest BCUT2D eigenvalue weighted by Gasteiger charge is 2.40. The lowest BCUT2D eigenvalue weighted by Crippen LogP contribution is -2.42. The van der Waals surface area contributed by atoms with Crippen molar-refractivity contribution in [1.82, 2.24) is 15.0 Å². The van der Waals surface area contributed by atoms with Crippen molar-refractivity contribution in [2.45, 2.75) is 54.9 Å². The molecule has 0 fully saturated rings. The largest absolute Gasteiger partial charge is 0.404 e. The average molecular weight is 546 g/mol. The summed E-state index contributed by atoms with van der Waals surface area (Å²) in [4.78, 5) is 17.0. The molecule has 0 aliphatic carbocycles. The molecule has 3 aromatic rings. The van der Waals surface area contributed by atoms with Crippen LogP contribution in [0.15, 0.2) is 63.3 Å². The second-order valence-electron chi connectivity index (χ2n) is 9.50. The second kappa shape index (κ2) is 9.46. The molecule has 0 N–H and O–H groups in total. The van der Waals surface area contributed by atoms with Gasteiger partial charge in [-0.2, -0.15) is 0 Å². The fourth-order valence-corrected chi connectivity index (χ4v) is 5.93. The molecule has 3 heterocycles. The van der Waals surface area contributed by atoms with Gasteiger partial charge in [0.2, 0.25) is 0 Å². The van der Waals surface area contributed by atoms with Crippen LogP contribution in [0.25, 0.3) is 0 Å². The molecule has 9 heteroatoms. The van der Waals surface area contributed by atoms with Crippen LogP contribution in [0.1, 0.15) is 38.1 Å². The van der Waals surface area contributed by atoms with Crippen LogP contribution >= 0.6 is 27.7 Å².